The van der Waals surface area contributed by atoms with E-state index in [-0.39, 0.29) is 6.71 Å². The maximum atomic E-state index is 9.65. The third-order valence-corrected chi connectivity index (χ3v) is 8.05. The van der Waals surface area contributed by atoms with Gasteiger partial charge in [0.2, 0.25) is 0 Å². The van der Waals surface area contributed by atoms with Crippen LogP contribution >= 0.6 is 0 Å². The number of fused-ring (bicyclic) bond motifs is 5. The summed E-state index contributed by atoms with van der Waals surface area (Å²) in [5, 5.41) is 0. The lowest BCUT2D eigenvalue weighted by Crippen LogP contribution is -2.59. The molecule has 0 spiro atoms. The Morgan fingerprint density at radius 1 is 0.622 bits per heavy atom. The number of ether oxygens (including phenoxy) is 1. The molecule has 8 rings (SSSR count). The van der Waals surface area contributed by atoms with Gasteiger partial charge in [0, 0.05) is 16.9 Å². The molecule has 2 heterocycles. The first kappa shape index (κ1) is 19.0. The van der Waals surface area contributed by atoms with E-state index in [2.05, 4.69) is 65.6 Å². The Kier molecular flexibility index (Phi) is 4.17. The molecular formula is C34H26BNO. The van der Waals surface area contributed by atoms with Crippen molar-refractivity contribution in [1.29, 1.82) is 0 Å². The predicted molar refractivity (Wildman–Crippen MR) is 154 cm³/mol. The van der Waals surface area contributed by atoms with Crippen LogP contribution in [0.2, 0.25) is 0 Å². The van der Waals surface area contributed by atoms with Crippen molar-refractivity contribution in [2.24, 2.45) is 0 Å². The smallest absolute Gasteiger partial charge is 0.256 e. The third-order valence-electron chi connectivity index (χ3n) is 8.05. The van der Waals surface area contributed by atoms with Crippen LogP contribution in [0, 0.1) is 0 Å². The number of hydrogen-bond donors (Lipinski definition) is 0. The third kappa shape index (κ3) is 3.13. The average molecular weight is 477 g/mol. The lowest BCUT2D eigenvalue weighted by atomic mass is 9.34. The van der Waals surface area contributed by atoms with Crippen molar-refractivity contribution in [1.82, 2.24) is 0 Å². The van der Waals surface area contributed by atoms with Gasteiger partial charge in [-0.2, -0.15) is 0 Å². The van der Waals surface area contributed by atoms with Crippen molar-refractivity contribution < 1.29 is 7.48 Å². The molecule has 5 aromatic rings. The molecule has 37 heavy (non-hydrogen) atoms. The highest BCUT2D eigenvalue weighted by atomic mass is 16.5. The van der Waals surface area contributed by atoms with Crippen LogP contribution < -0.4 is 26.0 Å². The zero-order valence-corrected chi connectivity index (χ0v) is 20.5. The van der Waals surface area contributed by atoms with Crippen molar-refractivity contribution in [3.05, 3.63) is 120 Å². The van der Waals surface area contributed by atoms with Crippen molar-refractivity contribution in [2.75, 3.05) is 4.90 Å². The van der Waals surface area contributed by atoms with Gasteiger partial charge in [0.15, 0.2) is 0 Å². The molecule has 0 radical (unpaired) electrons. The summed E-state index contributed by atoms with van der Waals surface area (Å²) in [6.07, 6.45) is 3.85. The molecule has 3 aliphatic rings. The molecule has 2 aliphatic heterocycles. The van der Waals surface area contributed by atoms with Crippen molar-refractivity contribution in [3.63, 3.8) is 0 Å². The Labute approximate surface area is 221 Å². The minimum atomic E-state index is 0.0380. The van der Waals surface area contributed by atoms with E-state index in [9.17, 15) is 2.74 Å². The highest BCUT2D eigenvalue weighted by molar-refractivity contribution is 6.99. The van der Waals surface area contributed by atoms with E-state index >= 15 is 0 Å². The average Bonchev–Trinajstić information content (AvgIpc) is 2.99. The fourth-order valence-corrected chi connectivity index (χ4v) is 6.40. The minimum absolute atomic E-state index is 0.0380. The monoisotopic (exact) mass is 477 g/mol. The van der Waals surface area contributed by atoms with Gasteiger partial charge in [0.1, 0.15) is 11.5 Å². The molecule has 0 aromatic heterocycles. The van der Waals surface area contributed by atoms with Gasteiger partial charge < -0.3 is 9.64 Å². The van der Waals surface area contributed by atoms with E-state index in [1.54, 1.807) is 0 Å². The van der Waals surface area contributed by atoms with Crippen LogP contribution in [0.4, 0.5) is 17.1 Å². The largest absolute Gasteiger partial charge is 0.458 e. The number of para-hydroxylation sites is 2. The molecule has 0 saturated heterocycles. The van der Waals surface area contributed by atoms with Crippen LogP contribution in [0.1, 0.15) is 26.7 Å². The van der Waals surface area contributed by atoms with Gasteiger partial charge in [-0.25, -0.2) is 0 Å². The molecular weight excluding hydrogens is 449 g/mol. The number of nitrogens with zero attached hydrogens (tertiary/aromatic N) is 1. The van der Waals surface area contributed by atoms with Crippen LogP contribution in [-0.2, 0) is 12.8 Å². The van der Waals surface area contributed by atoms with Gasteiger partial charge in [-0.05, 0) is 95.1 Å². The molecule has 0 fully saturated rings. The Morgan fingerprint density at radius 3 is 2.16 bits per heavy atom. The van der Waals surface area contributed by atoms with Crippen molar-refractivity contribution in [3.8, 4) is 22.6 Å². The molecule has 176 valence electrons. The summed E-state index contributed by atoms with van der Waals surface area (Å²) < 4.78 is 25.6. The summed E-state index contributed by atoms with van der Waals surface area (Å²) in [5.74, 6) is 1.75. The molecule has 0 saturated carbocycles. The van der Waals surface area contributed by atoms with E-state index < -0.39 is 0 Å². The highest BCUT2D eigenvalue weighted by Crippen LogP contribution is 2.45. The van der Waals surface area contributed by atoms with E-state index in [0.29, 0.717) is 12.1 Å². The van der Waals surface area contributed by atoms with Crippen LogP contribution in [-0.4, -0.2) is 6.71 Å². The summed E-state index contributed by atoms with van der Waals surface area (Å²) in [5.41, 5.74) is 10.2. The number of hydrogen-bond acceptors (Lipinski definition) is 2. The summed E-state index contributed by atoms with van der Waals surface area (Å²) in [4.78, 5) is 2.25. The second-order valence-electron chi connectivity index (χ2n) is 10.2. The molecule has 3 heteroatoms. The summed E-state index contributed by atoms with van der Waals surface area (Å²) in [7, 11) is 0. The van der Waals surface area contributed by atoms with Crippen LogP contribution in [0.15, 0.2) is 109 Å². The van der Waals surface area contributed by atoms with E-state index in [1.165, 1.54) is 5.46 Å². The first-order chi connectivity index (χ1) is 19.2. The zero-order chi connectivity index (χ0) is 26.1. The van der Waals surface area contributed by atoms with E-state index in [0.717, 1.165) is 87.4 Å². The molecule has 0 bridgehead atoms. The van der Waals surface area contributed by atoms with Gasteiger partial charge in [0.05, 0.1) is 8.43 Å². The molecule has 2 nitrogen and oxygen atoms in total. The van der Waals surface area contributed by atoms with Crippen LogP contribution in [0.25, 0.3) is 11.1 Å². The van der Waals surface area contributed by atoms with Gasteiger partial charge in [-0.15, -0.1) is 0 Å². The first-order valence-electron chi connectivity index (χ1n) is 14.2. The molecule has 5 aromatic carbocycles. The fourth-order valence-electron chi connectivity index (χ4n) is 6.40. The van der Waals surface area contributed by atoms with E-state index in [1.807, 2.05) is 36.4 Å². The molecule has 0 atom stereocenters. The quantitative estimate of drug-likeness (QED) is 0.259. The maximum Gasteiger partial charge on any atom is 0.256 e. The molecule has 0 amide bonds. The second kappa shape index (κ2) is 8.14. The summed E-state index contributed by atoms with van der Waals surface area (Å²) >= 11 is 0. The van der Waals surface area contributed by atoms with E-state index in [4.69, 9.17) is 4.74 Å². The number of anilines is 3. The SMILES string of the molecule is [2H]c1c2c(c([2H])c(N3c4ccccc4B4c5ccccc5Oc5cccc3c54)c1-c1ccccc1)CCCC2. The van der Waals surface area contributed by atoms with Gasteiger partial charge in [0.25, 0.3) is 6.71 Å². The zero-order valence-electron chi connectivity index (χ0n) is 22.5. The van der Waals surface area contributed by atoms with Crippen LogP contribution in [0.5, 0.6) is 11.5 Å². The molecule has 1 aliphatic carbocycles. The lowest BCUT2D eigenvalue weighted by Gasteiger charge is -2.41. The number of benzene rings is 5. The number of rotatable bonds is 2. The Morgan fingerprint density at radius 2 is 1.30 bits per heavy atom. The fraction of sp³-hybridized carbons (Fsp3) is 0.118. The topological polar surface area (TPSA) is 12.5 Å². The standard InChI is InChI=1S/C34H26BNO/c1-2-11-23(12-3-1)26-21-24-13-4-5-14-25(24)22-31(26)36-29-17-8-6-15-27(29)35-28-16-7-9-19-32(28)37-33-20-10-18-30(36)34(33)35/h1-3,6-12,15-22H,4-5,13-14H2/i21D,22D. The highest BCUT2D eigenvalue weighted by Gasteiger charge is 2.41. The maximum absolute atomic E-state index is 9.65. The van der Waals surface area contributed by atoms with Gasteiger partial charge >= 0.3 is 0 Å². The predicted octanol–water partition coefficient (Wildman–Crippen LogP) is 6.64. The lowest BCUT2D eigenvalue weighted by molar-refractivity contribution is 0.487. The van der Waals surface area contributed by atoms with Crippen molar-refractivity contribution in [2.45, 2.75) is 25.7 Å². The summed E-state index contributed by atoms with van der Waals surface area (Å²) in [6.45, 7) is 0.0380. The van der Waals surface area contributed by atoms with Crippen LogP contribution in [0.3, 0.4) is 0 Å². The second-order valence-corrected chi connectivity index (χ2v) is 10.2. The Bertz CT molecular complexity index is 1780. The first-order valence-corrected chi connectivity index (χ1v) is 13.2. The van der Waals surface area contributed by atoms with Gasteiger partial charge in [-0.3, -0.25) is 0 Å². The molecule has 0 N–H and O–H groups in total. The normalized spacial score (nSPS) is 15.5. The van der Waals surface area contributed by atoms with Crippen molar-refractivity contribution >= 4 is 40.2 Å². The Hall–Kier alpha value is -4.24. The summed E-state index contributed by atoms with van der Waals surface area (Å²) in [6, 6.07) is 34.4. The molecule has 0 unspecified atom stereocenters. The van der Waals surface area contributed by atoms with Gasteiger partial charge in [-0.1, -0.05) is 72.8 Å². The minimum Gasteiger partial charge on any atom is -0.458 e. The Balaban J connectivity index is 1.48.